The lowest BCUT2D eigenvalue weighted by Crippen LogP contribution is -2.29. The minimum absolute atomic E-state index is 0.188. The Hall–Kier alpha value is -3.25. The number of hydrogen-bond acceptors (Lipinski definition) is 4. The molecule has 0 aromatic heterocycles. The van der Waals surface area contributed by atoms with Gasteiger partial charge in [-0.1, -0.05) is 42.0 Å². The van der Waals surface area contributed by atoms with Gasteiger partial charge in [0.1, 0.15) is 5.75 Å². The summed E-state index contributed by atoms with van der Waals surface area (Å²) in [7, 11) is -3.71. The molecule has 33 heavy (non-hydrogen) atoms. The number of fused-ring (bicyclic) bond motifs is 3. The maximum atomic E-state index is 13.1. The third-order valence-corrected chi connectivity index (χ3v) is 7.88. The number of anilines is 2. The average Bonchev–Trinajstić information content (AvgIpc) is 3.30. The summed E-state index contributed by atoms with van der Waals surface area (Å²) in [4.78, 5) is 0.268. The molecule has 0 fully saturated rings. The maximum absolute atomic E-state index is 13.1. The van der Waals surface area contributed by atoms with Crippen LogP contribution in [-0.2, 0) is 10.0 Å². The summed E-state index contributed by atoms with van der Waals surface area (Å²) in [6, 6.07) is 21.2. The quantitative estimate of drug-likeness (QED) is 0.441. The van der Waals surface area contributed by atoms with Crippen molar-refractivity contribution in [3.8, 4) is 5.75 Å². The minimum Gasteiger partial charge on any atom is -0.494 e. The molecule has 6 heteroatoms. The fourth-order valence-electron chi connectivity index (χ4n) is 4.84. The number of rotatable bonds is 6. The van der Waals surface area contributed by atoms with Crippen molar-refractivity contribution in [2.24, 2.45) is 5.92 Å². The molecule has 1 heterocycles. The lowest BCUT2D eigenvalue weighted by molar-refractivity contribution is 0.340. The Labute approximate surface area is 195 Å². The molecule has 3 atom stereocenters. The molecule has 0 saturated heterocycles. The first-order chi connectivity index (χ1) is 15.9. The summed E-state index contributed by atoms with van der Waals surface area (Å²) in [5.74, 6) is 1.26. The molecule has 0 radical (unpaired) electrons. The largest absolute Gasteiger partial charge is 0.494 e. The van der Waals surface area contributed by atoms with Crippen LogP contribution in [0.25, 0.3) is 0 Å². The second-order valence-electron chi connectivity index (χ2n) is 8.70. The van der Waals surface area contributed by atoms with E-state index in [1.165, 1.54) is 11.1 Å². The van der Waals surface area contributed by atoms with Crippen LogP contribution < -0.4 is 14.8 Å². The van der Waals surface area contributed by atoms with E-state index in [0.717, 1.165) is 17.7 Å². The van der Waals surface area contributed by atoms with Gasteiger partial charge in [-0.05, 0) is 79.8 Å². The highest BCUT2D eigenvalue weighted by molar-refractivity contribution is 7.92. The Morgan fingerprint density at radius 2 is 1.79 bits per heavy atom. The molecule has 5 nitrogen and oxygen atoms in total. The van der Waals surface area contributed by atoms with Gasteiger partial charge in [0.2, 0.25) is 0 Å². The van der Waals surface area contributed by atoms with E-state index >= 15 is 0 Å². The Morgan fingerprint density at radius 1 is 1.03 bits per heavy atom. The molecule has 170 valence electrons. The number of hydrogen-bond donors (Lipinski definition) is 2. The first-order valence-corrected chi connectivity index (χ1v) is 12.8. The van der Waals surface area contributed by atoms with Crippen molar-refractivity contribution in [1.82, 2.24) is 0 Å². The summed E-state index contributed by atoms with van der Waals surface area (Å²) >= 11 is 0. The summed E-state index contributed by atoms with van der Waals surface area (Å²) in [6.45, 7) is 4.57. The molecule has 2 aliphatic rings. The molecule has 0 bridgehead atoms. The highest BCUT2D eigenvalue weighted by atomic mass is 32.2. The van der Waals surface area contributed by atoms with Crippen molar-refractivity contribution in [3.05, 3.63) is 95.6 Å². The van der Waals surface area contributed by atoms with Crippen LogP contribution >= 0.6 is 0 Å². The third kappa shape index (κ3) is 4.23. The van der Waals surface area contributed by atoms with E-state index in [1.54, 1.807) is 30.3 Å². The average molecular weight is 461 g/mol. The number of benzene rings is 3. The fourth-order valence-corrected chi connectivity index (χ4v) is 5.94. The van der Waals surface area contributed by atoms with Crippen molar-refractivity contribution in [1.29, 1.82) is 0 Å². The topological polar surface area (TPSA) is 67.4 Å². The van der Waals surface area contributed by atoms with Gasteiger partial charge >= 0.3 is 0 Å². The van der Waals surface area contributed by atoms with Gasteiger partial charge in [-0.3, -0.25) is 4.72 Å². The Balaban J connectivity index is 1.43. The molecule has 3 aromatic carbocycles. The van der Waals surface area contributed by atoms with Crippen LogP contribution in [0, 0.1) is 12.8 Å². The monoisotopic (exact) mass is 460 g/mol. The van der Waals surface area contributed by atoms with Crippen LogP contribution in [0.4, 0.5) is 11.4 Å². The first-order valence-electron chi connectivity index (χ1n) is 11.3. The van der Waals surface area contributed by atoms with Crippen molar-refractivity contribution >= 4 is 21.4 Å². The van der Waals surface area contributed by atoms with Crippen LogP contribution in [0.3, 0.4) is 0 Å². The smallest absolute Gasteiger partial charge is 0.261 e. The Morgan fingerprint density at radius 3 is 2.52 bits per heavy atom. The van der Waals surface area contributed by atoms with E-state index in [0.29, 0.717) is 24.0 Å². The van der Waals surface area contributed by atoms with Gasteiger partial charge in [0.25, 0.3) is 10.0 Å². The summed E-state index contributed by atoms with van der Waals surface area (Å²) in [5.41, 5.74) is 5.04. The van der Waals surface area contributed by atoms with Crippen LogP contribution in [0.2, 0.25) is 0 Å². The van der Waals surface area contributed by atoms with E-state index < -0.39 is 10.0 Å². The Kier molecular flexibility index (Phi) is 5.62. The third-order valence-electron chi connectivity index (χ3n) is 6.50. The van der Waals surface area contributed by atoms with Crippen molar-refractivity contribution in [3.63, 3.8) is 0 Å². The Bertz CT molecular complexity index is 1280. The molecule has 3 aromatic rings. The van der Waals surface area contributed by atoms with Crippen LogP contribution in [-0.4, -0.2) is 15.0 Å². The van der Waals surface area contributed by atoms with Gasteiger partial charge < -0.3 is 10.1 Å². The SMILES string of the molecule is CCOc1ccc(NS(=O)(=O)c2ccc3c(c2)C2C=CCC2C(c2ccc(C)cc2)N3)cc1. The first kappa shape index (κ1) is 21.6. The molecule has 0 spiro atoms. The van der Waals surface area contributed by atoms with Crippen LogP contribution in [0.15, 0.2) is 83.8 Å². The minimum atomic E-state index is -3.71. The van der Waals surface area contributed by atoms with Gasteiger partial charge in [0.15, 0.2) is 0 Å². The normalized spacial score (nSPS) is 21.1. The number of nitrogens with one attached hydrogen (secondary N) is 2. The van der Waals surface area contributed by atoms with Gasteiger partial charge in [-0.2, -0.15) is 0 Å². The zero-order valence-electron chi connectivity index (χ0n) is 18.8. The standard InChI is InChI=1S/C27H28N2O3S/c1-3-32-21-13-11-20(12-14-21)29-33(30,31)22-15-16-26-25(17-22)23-5-4-6-24(23)27(28-26)19-9-7-18(2)8-10-19/h4-5,7-17,23-24,27-29H,3,6H2,1-2H3. The van der Waals surface area contributed by atoms with E-state index in [4.69, 9.17) is 4.74 Å². The molecular weight excluding hydrogens is 432 g/mol. The number of ether oxygens (including phenoxy) is 1. The fraction of sp³-hybridized carbons (Fsp3) is 0.259. The molecule has 0 saturated carbocycles. The predicted octanol–water partition coefficient (Wildman–Crippen LogP) is 6.02. The molecule has 2 N–H and O–H groups in total. The van der Waals surface area contributed by atoms with E-state index in [-0.39, 0.29) is 16.9 Å². The highest BCUT2D eigenvalue weighted by Gasteiger charge is 2.38. The van der Waals surface area contributed by atoms with E-state index in [9.17, 15) is 8.42 Å². The zero-order chi connectivity index (χ0) is 23.0. The van der Waals surface area contributed by atoms with Crippen LogP contribution in [0.5, 0.6) is 5.75 Å². The summed E-state index contributed by atoms with van der Waals surface area (Å²) in [6.07, 6.45) is 5.41. The molecule has 3 unspecified atom stereocenters. The van der Waals surface area contributed by atoms with Gasteiger partial charge in [0, 0.05) is 17.3 Å². The number of aryl methyl sites for hydroxylation is 1. The highest BCUT2D eigenvalue weighted by Crippen LogP contribution is 2.50. The maximum Gasteiger partial charge on any atom is 0.261 e. The summed E-state index contributed by atoms with van der Waals surface area (Å²) < 4.78 is 34.4. The lowest BCUT2D eigenvalue weighted by Gasteiger charge is -2.37. The molecule has 5 rings (SSSR count). The lowest BCUT2D eigenvalue weighted by atomic mass is 9.77. The second kappa shape index (κ2) is 8.60. The molecule has 1 aliphatic heterocycles. The predicted molar refractivity (Wildman–Crippen MR) is 132 cm³/mol. The van der Waals surface area contributed by atoms with Crippen molar-refractivity contribution < 1.29 is 13.2 Å². The summed E-state index contributed by atoms with van der Waals surface area (Å²) in [5, 5.41) is 3.68. The number of sulfonamides is 1. The van der Waals surface area contributed by atoms with Crippen molar-refractivity contribution in [2.45, 2.75) is 37.1 Å². The number of allylic oxidation sites excluding steroid dienone is 2. The molecule has 1 aliphatic carbocycles. The van der Waals surface area contributed by atoms with E-state index in [1.807, 2.05) is 19.1 Å². The molecular formula is C27H28N2O3S. The van der Waals surface area contributed by atoms with Crippen molar-refractivity contribution in [2.75, 3.05) is 16.6 Å². The zero-order valence-corrected chi connectivity index (χ0v) is 19.6. The van der Waals surface area contributed by atoms with Gasteiger partial charge in [0.05, 0.1) is 17.5 Å². The van der Waals surface area contributed by atoms with Crippen LogP contribution in [0.1, 0.15) is 42.0 Å². The van der Waals surface area contributed by atoms with Gasteiger partial charge in [-0.25, -0.2) is 8.42 Å². The van der Waals surface area contributed by atoms with E-state index in [2.05, 4.69) is 53.4 Å². The second-order valence-corrected chi connectivity index (χ2v) is 10.4. The van der Waals surface area contributed by atoms with Gasteiger partial charge in [-0.15, -0.1) is 0 Å². The molecule has 0 amide bonds.